The Balaban J connectivity index is 2.03. The van der Waals surface area contributed by atoms with Gasteiger partial charge in [-0.2, -0.15) is 0 Å². The minimum absolute atomic E-state index is 0.400. The van der Waals surface area contributed by atoms with Crippen LogP contribution in [0.3, 0.4) is 0 Å². The highest BCUT2D eigenvalue weighted by Crippen LogP contribution is 2.47. The Morgan fingerprint density at radius 2 is 1.94 bits per heavy atom. The number of benzene rings is 1. The molecule has 0 N–H and O–H groups in total. The first-order valence-corrected chi connectivity index (χ1v) is 6.31. The van der Waals surface area contributed by atoms with Gasteiger partial charge in [0.1, 0.15) is 6.17 Å². The van der Waals surface area contributed by atoms with Crippen molar-refractivity contribution in [3.63, 3.8) is 0 Å². The molecule has 1 aromatic carbocycles. The summed E-state index contributed by atoms with van der Waals surface area (Å²) < 4.78 is 0. The predicted molar refractivity (Wildman–Crippen MR) is 68.9 cm³/mol. The lowest BCUT2D eigenvalue weighted by atomic mass is 9.81. The van der Waals surface area contributed by atoms with Crippen LogP contribution in [0.4, 0.5) is 0 Å². The topological polar surface area (TPSA) is 6.48 Å². The highest BCUT2D eigenvalue weighted by atomic mass is 15.4. The van der Waals surface area contributed by atoms with Crippen molar-refractivity contribution in [2.75, 3.05) is 0 Å². The second-order valence-corrected chi connectivity index (χ2v) is 5.26. The average Bonchev–Trinajstić information content (AvgIpc) is 2.79. The second kappa shape index (κ2) is 2.95. The van der Waals surface area contributed by atoms with Crippen LogP contribution in [0.25, 0.3) is 6.08 Å². The van der Waals surface area contributed by atoms with E-state index in [0.717, 1.165) is 0 Å². The highest BCUT2D eigenvalue weighted by molar-refractivity contribution is 5.61. The summed E-state index contributed by atoms with van der Waals surface area (Å²) in [5.74, 6) is 0.595. The van der Waals surface area contributed by atoms with E-state index < -0.39 is 0 Å². The molecule has 1 aromatic rings. The molecule has 0 amide bonds. The van der Waals surface area contributed by atoms with Gasteiger partial charge in [-0.25, -0.2) is 0 Å². The third-order valence-electron chi connectivity index (χ3n) is 4.52. The Bertz CT molecular complexity index is 544. The largest absolute Gasteiger partial charge is 0.349 e. The maximum atomic E-state index is 2.49. The van der Waals surface area contributed by atoms with Gasteiger partial charge in [-0.05, 0) is 24.1 Å². The maximum Gasteiger partial charge on any atom is 0.132 e. The zero-order valence-electron chi connectivity index (χ0n) is 10.2. The van der Waals surface area contributed by atoms with Crippen molar-refractivity contribution < 1.29 is 0 Å². The maximum absolute atomic E-state index is 2.49. The summed E-state index contributed by atoms with van der Waals surface area (Å²) in [6, 6.07) is 7.28. The molecular formula is C15H16N2. The van der Waals surface area contributed by atoms with Gasteiger partial charge in [0.05, 0.1) is 0 Å². The van der Waals surface area contributed by atoms with E-state index in [2.05, 4.69) is 66.5 Å². The van der Waals surface area contributed by atoms with Crippen LogP contribution < -0.4 is 0 Å². The van der Waals surface area contributed by atoms with Crippen LogP contribution >= 0.6 is 0 Å². The molecule has 17 heavy (non-hydrogen) atoms. The average molecular weight is 224 g/mol. The van der Waals surface area contributed by atoms with E-state index in [1.807, 2.05) is 0 Å². The molecule has 0 fully saturated rings. The first-order valence-electron chi connectivity index (χ1n) is 6.31. The normalized spacial score (nSPS) is 32.0. The molecule has 0 aliphatic carbocycles. The van der Waals surface area contributed by atoms with Crippen LogP contribution in [0.5, 0.6) is 0 Å². The van der Waals surface area contributed by atoms with E-state index in [9.17, 15) is 0 Å². The van der Waals surface area contributed by atoms with Crippen molar-refractivity contribution in [3.05, 3.63) is 53.5 Å². The molecule has 2 nitrogen and oxygen atoms in total. The van der Waals surface area contributed by atoms with Crippen LogP contribution in [0.2, 0.25) is 0 Å². The van der Waals surface area contributed by atoms with Crippen LogP contribution in [0.15, 0.2) is 36.8 Å². The van der Waals surface area contributed by atoms with Crippen LogP contribution in [-0.4, -0.2) is 15.8 Å². The Morgan fingerprint density at radius 3 is 2.82 bits per heavy atom. The summed E-state index contributed by atoms with van der Waals surface area (Å²) in [6.07, 6.45) is 9.25. The quantitative estimate of drug-likeness (QED) is 0.667. The third-order valence-corrected chi connectivity index (χ3v) is 4.52. The standard InChI is InChI=1S/C15H16N2/c1-10-11(2)17-9-8-16-7-6-12-4-3-5-13(10)14(12)15(16)17/h3-11,15H,1-2H3. The third kappa shape index (κ3) is 1.01. The molecule has 0 radical (unpaired) electrons. The zero-order chi connectivity index (χ0) is 11.6. The molecule has 2 heteroatoms. The Kier molecular flexibility index (Phi) is 1.62. The lowest BCUT2D eigenvalue weighted by Gasteiger charge is -2.46. The molecule has 4 rings (SSSR count). The van der Waals surface area contributed by atoms with Crippen LogP contribution in [-0.2, 0) is 0 Å². The molecule has 3 unspecified atom stereocenters. The zero-order valence-corrected chi connectivity index (χ0v) is 10.2. The Labute approximate surface area is 102 Å². The lowest BCUT2D eigenvalue weighted by Crippen LogP contribution is -2.43. The van der Waals surface area contributed by atoms with Gasteiger partial charge >= 0.3 is 0 Å². The molecule has 0 aromatic heterocycles. The van der Waals surface area contributed by atoms with Crippen molar-refractivity contribution in [3.8, 4) is 0 Å². The lowest BCUT2D eigenvalue weighted by molar-refractivity contribution is 0.119. The summed E-state index contributed by atoms with van der Waals surface area (Å²) in [5, 5.41) is 0. The first kappa shape index (κ1) is 9.34. The molecular weight excluding hydrogens is 208 g/mol. The smallest absolute Gasteiger partial charge is 0.132 e. The van der Waals surface area contributed by atoms with Crippen LogP contribution in [0.1, 0.15) is 42.6 Å². The van der Waals surface area contributed by atoms with E-state index >= 15 is 0 Å². The first-order chi connectivity index (χ1) is 8.27. The van der Waals surface area contributed by atoms with Crippen molar-refractivity contribution >= 4 is 6.08 Å². The fraction of sp³-hybridized carbons (Fsp3) is 0.333. The highest BCUT2D eigenvalue weighted by Gasteiger charge is 2.41. The van der Waals surface area contributed by atoms with E-state index in [1.165, 1.54) is 16.7 Å². The van der Waals surface area contributed by atoms with Crippen molar-refractivity contribution in [1.29, 1.82) is 0 Å². The summed E-state index contributed by atoms with van der Waals surface area (Å²) in [7, 11) is 0. The summed E-state index contributed by atoms with van der Waals surface area (Å²) in [6.45, 7) is 4.66. The molecule has 0 bridgehead atoms. The summed E-state index contributed by atoms with van der Waals surface area (Å²) >= 11 is 0. The molecule has 0 saturated carbocycles. The van der Waals surface area contributed by atoms with E-state index in [4.69, 9.17) is 0 Å². The van der Waals surface area contributed by atoms with Gasteiger partial charge in [-0.1, -0.05) is 25.1 Å². The molecule has 3 heterocycles. The molecule has 3 atom stereocenters. The summed E-state index contributed by atoms with van der Waals surface area (Å²) in [4.78, 5) is 4.80. The monoisotopic (exact) mass is 224 g/mol. The van der Waals surface area contributed by atoms with Gasteiger partial charge < -0.3 is 9.80 Å². The second-order valence-electron chi connectivity index (χ2n) is 5.26. The van der Waals surface area contributed by atoms with Crippen molar-refractivity contribution in [2.45, 2.75) is 32.0 Å². The minimum atomic E-state index is 0.400. The number of hydrogen-bond acceptors (Lipinski definition) is 2. The van der Waals surface area contributed by atoms with Crippen molar-refractivity contribution in [2.24, 2.45) is 0 Å². The molecule has 86 valence electrons. The SMILES string of the molecule is CC1c2cccc3c2C2N(C=C3)C=CN2C1C. The summed E-state index contributed by atoms with van der Waals surface area (Å²) in [5.41, 5.74) is 4.41. The fourth-order valence-corrected chi connectivity index (χ4v) is 3.39. The molecule has 3 aliphatic heterocycles. The number of hydrogen-bond donors (Lipinski definition) is 0. The van der Waals surface area contributed by atoms with Gasteiger partial charge in [0.25, 0.3) is 0 Å². The van der Waals surface area contributed by atoms with Gasteiger partial charge in [0.15, 0.2) is 0 Å². The number of nitrogens with zero attached hydrogens (tertiary/aromatic N) is 2. The van der Waals surface area contributed by atoms with Crippen LogP contribution in [0, 0.1) is 0 Å². The Hall–Kier alpha value is -1.70. The minimum Gasteiger partial charge on any atom is -0.349 e. The predicted octanol–water partition coefficient (Wildman–Crippen LogP) is 3.26. The van der Waals surface area contributed by atoms with E-state index in [-0.39, 0.29) is 0 Å². The van der Waals surface area contributed by atoms with E-state index in [1.54, 1.807) is 0 Å². The fourth-order valence-electron chi connectivity index (χ4n) is 3.39. The molecule has 0 spiro atoms. The van der Waals surface area contributed by atoms with Gasteiger partial charge in [-0.15, -0.1) is 0 Å². The molecule has 0 saturated heterocycles. The Morgan fingerprint density at radius 1 is 1.06 bits per heavy atom. The number of rotatable bonds is 0. The van der Waals surface area contributed by atoms with Gasteiger partial charge in [0.2, 0.25) is 0 Å². The van der Waals surface area contributed by atoms with Gasteiger partial charge in [0, 0.05) is 36.1 Å². The van der Waals surface area contributed by atoms with Crippen molar-refractivity contribution in [1.82, 2.24) is 9.80 Å². The van der Waals surface area contributed by atoms with E-state index in [0.29, 0.717) is 18.1 Å². The molecule has 3 aliphatic rings. The van der Waals surface area contributed by atoms with Gasteiger partial charge in [-0.3, -0.25) is 0 Å².